The second-order valence-corrected chi connectivity index (χ2v) is 22.3. The lowest BCUT2D eigenvalue weighted by Gasteiger charge is -2.28. The number of aromatic hydroxyl groups is 1. The summed E-state index contributed by atoms with van der Waals surface area (Å²) in [6.45, 7) is 6.16. The number of unbranched alkanes of at least 4 members (excludes halogenated alkanes) is 1. The van der Waals surface area contributed by atoms with Crippen LogP contribution in [-0.4, -0.2) is 205 Å². The smallest absolute Gasteiger partial charge is 0.245 e. The number of rotatable bonds is 43. The lowest BCUT2D eigenvalue weighted by molar-refractivity contribution is -0.136. The SMILES string of the molecule is CC[C@H](C)[C@H](NC(C)=O)C(=O)NCC(=O)N[C@@H](CCCN=C(N)N)C(=O)NCC(=O)N[C@@H](C)C(=O)N[C@@H](Cc1ccc(O)cc1)C(=O)NCC(=O)N[C@@H](CO)C(=O)N[C@H](C(=O)N[C@@H](CC(N)=O)C(=O)N[C@@H](CCCCN)C(=O)N[C@@H](CCSC)C(N)=O)C(C)C. The van der Waals surface area contributed by atoms with Gasteiger partial charge in [-0.1, -0.05) is 46.2 Å². The summed E-state index contributed by atoms with van der Waals surface area (Å²) < 4.78 is 0. The highest BCUT2D eigenvalue weighted by atomic mass is 32.2. The van der Waals surface area contributed by atoms with Crippen molar-refractivity contribution in [3.8, 4) is 5.75 Å². The minimum Gasteiger partial charge on any atom is -0.508 e. The Morgan fingerprint density at radius 1 is 0.544 bits per heavy atom. The number of hydrogen-bond donors (Lipinski definition) is 19. The zero-order chi connectivity index (χ0) is 68.2. The van der Waals surface area contributed by atoms with E-state index >= 15 is 0 Å². The normalized spacial score (nSPS) is 14.2. The predicted molar refractivity (Wildman–Crippen MR) is 330 cm³/mol. The molecule has 90 heavy (non-hydrogen) atoms. The molecule has 0 saturated carbocycles. The lowest BCUT2D eigenvalue weighted by atomic mass is 9.98. The zero-order valence-corrected chi connectivity index (χ0v) is 52.6. The van der Waals surface area contributed by atoms with E-state index < -0.39 is 176 Å². The van der Waals surface area contributed by atoms with Crippen molar-refractivity contribution in [3.63, 3.8) is 0 Å². The quantitative estimate of drug-likeness (QED) is 0.0164. The van der Waals surface area contributed by atoms with E-state index in [1.165, 1.54) is 63.7 Å². The number of nitrogens with one attached hydrogen (secondary N) is 12. The van der Waals surface area contributed by atoms with Gasteiger partial charge in [0.25, 0.3) is 0 Å². The van der Waals surface area contributed by atoms with E-state index in [2.05, 4.69) is 68.8 Å². The number of primary amides is 2. The Morgan fingerprint density at radius 3 is 1.57 bits per heavy atom. The number of nitrogens with two attached hydrogens (primary N) is 5. The number of amides is 14. The Labute approximate surface area is 525 Å². The number of phenols is 1. The molecule has 35 heteroatoms. The summed E-state index contributed by atoms with van der Waals surface area (Å²) in [7, 11) is 0. The van der Waals surface area contributed by atoms with E-state index in [0.29, 0.717) is 30.6 Å². The summed E-state index contributed by atoms with van der Waals surface area (Å²) in [4.78, 5) is 187. The van der Waals surface area contributed by atoms with Crippen LogP contribution in [0.15, 0.2) is 29.3 Å². The Morgan fingerprint density at radius 2 is 1.04 bits per heavy atom. The monoisotopic (exact) mass is 1290 g/mol. The first-order valence-corrected chi connectivity index (χ1v) is 30.5. The molecule has 10 atom stereocenters. The Bertz CT molecular complexity index is 2650. The number of aliphatic hydroxyl groups excluding tert-OH is 1. The fourth-order valence-corrected chi connectivity index (χ4v) is 8.73. The minimum absolute atomic E-state index is 0.0313. The van der Waals surface area contributed by atoms with Crippen LogP contribution in [0, 0.1) is 11.8 Å². The Hall–Kier alpha value is -8.86. The number of benzene rings is 1. The van der Waals surface area contributed by atoms with Crippen molar-refractivity contribution >= 4 is 100 Å². The molecule has 0 aliphatic heterocycles. The summed E-state index contributed by atoms with van der Waals surface area (Å²) in [5, 5.41) is 49.0. The lowest BCUT2D eigenvalue weighted by Crippen LogP contribution is -2.61. The molecule has 0 heterocycles. The van der Waals surface area contributed by atoms with Gasteiger partial charge in [-0.05, 0) is 93.5 Å². The summed E-state index contributed by atoms with van der Waals surface area (Å²) in [6, 6.07) is -6.89. The van der Waals surface area contributed by atoms with Crippen molar-refractivity contribution in [2.24, 2.45) is 45.5 Å². The average molecular weight is 1290 g/mol. The van der Waals surface area contributed by atoms with Crippen molar-refractivity contribution in [1.82, 2.24) is 63.8 Å². The first-order valence-electron chi connectivity index (χ1n) is 29.1. The molecule has 14 amide bonds. The molecule has 504 valence electrons. The number of thioether (sulfide) groups is 1. The Balaban J connectivity index is 3.16. The van der Waals surface area contributed by atoms with Gasteiger partial charge in [0.15, 0.2) is 5.96 Å². The van der Waals surface area contributed by atoms with Crippen LogP contribution in [0.5, 0.6) is 5.75 Å². The van der Waals surface area contributed by atoms with E-state index in [0.717, 1.165) is 0 Å². The molecular formula is C55H92N18O16S. The van der Waals surface area contributed by atoms with E-state index in [1.807, 2.05) is 6.92 Å². The molecule has 0 aliphatic rings. The number of hydrogen-bond acceptors (Lipinski definition) is 19. The summed E-state index contributed by atoms with van der Waals surface area (Å²) >= 11 is 1.40. The predicted octanol–water partition coefficient (Wildman–Crippen LogP) is -7.32. The van der Waals surface area contributed by atoms with E-state index in [4.69, 9.17) is 28.7 Å². The fraction of sp³-hybridized carbons (Fsp3) is 0.618. The number of aliphatic imine (C=N–C) groups is 1. The number of carbonyl (C=O) groups excluding carboxylic acids is 14. The van der Waals surface area contributed by atoms with Crippen molar-refractivity contribution < 1.29 is 77.3 Å². The standard InChI is InChI=1S/C55H92N18O16S/c1-8-29(4)45(66-31(6)75)53(88)64-26-42(79)67-35(13-11-20-61-55(59)60)48(83)62-24-41(78)65-30(5)47(82)71-37(22-32-14-16-33(76)17-15-32)49(84)63-25-43(80)68-39(27-74)52(87)73-44(28(2)3)54(89)72-38(23-40(57)77)51(86)70-36(12-9-10-19-56)50(85)69-34(46(58)81)18-21-90-7/h14-17,28-30,34-39,44-45,74,76H,8-13,18-27,56H2,1-7H3,(H2,57,77)(H2,58,81)(H,62,83)(H,63,84)(H,64,88)(H,65,78)(H,66,75)(H,67,79)(H,68,80)(H,69,85)(H,70,86)(H,71,82)(H,72,89)(H,73,87)(H4,59,60,61)/t29-,30-,34-,35-,36-,37-,38-,39-,44-,45-/m0/s1. The molecule has 34 nitrogen and oxygen atoms in total. The Kier molecular flexibility index (Phi) is 37.1. The van der Waals surface area contributed by atoms with Crippen LogP contribution < -0.4 is 92.5 Å². The minimum atomic E-state index is -1.76. The number of aliphatic hydroxyl groups is 1. The molecule has 0 fully saturated rings. The van der Waals surface area contributed by atoms with E-state index in [1.54, 1.807) is 13.2 Å². The summed E-state index contributed by atoms with van der Waals surface area (Å²) in [5.74, 6) is -13.3. The van der Waals surface area contributed by atoms with Gasteiger partial charge >= 0.3 is 0 Å². The molecule has 1 aromatic rings. The maximum Gasteiger partial charge on any atom is 0.245 e. The van der Waals surface area contributed by atoms with Gasteiger partial charge in [-0.25, -0.2) is 0 Å². The first kappa shape index (κ1) is 79.2. The number of guanidine groups is 1. The molecule has 0 bridgehead atoms. The van der Waals surface area contributed by atoms with Crippen LogP contribution in [0.25, 0.3) is 0 Å². The molecule has 0 spiro atoms. The summed E-state index contributed by atoms with van der Waals surface area (Å²) in [6.07, 6.45) is 2.46. The van der Waals surface area contributed by atoms with Gasteiger partial charge in [0, 0.05) is 19.9 Å². The number of nitrogens with zero attached hydrogens (tertiary/aromatic N) is 1. The molecule has 0 saturated heterocycles. The molecule has 0 radical (unpaired) electrons. The van der Waals surface area contributed by atoms with Crippen LogP contribution in [0.4, 0.5) is 0 Å². The third-order valence-corrected chi connectivity index (χ3v) is 14.1. The third-order valence-electron chi connectivity index (χ3n) is 13.5. The van der Waals surface area contributed by atoms with Gasteiger partial charge in [-0.2, -0.15) is 11.8 Å². The molecule has 0 unspecified atom stereocenters. The summed E-state index contributed by atoms with van der Waals surface area (Å²) in [5.41, 5.74) is 27.8. The van der Waals surface area contributed by atoms with Gasteiger partial charge in [0.05, 0.1) is 32.7 Å². The number of phenolic OH excluding ortho intramolecular Hbond substituents is 1. The molecule has 0 aromatic heterocycles. The molecule has 0 aliphatic carbocycles. The van der Waals surface area contributed by atoms with Gasteiger partial charge in [-0.15, -0.1) is 0 Å². The maximum absolute atomic E-state index is 13.8. The van der Waals surface area contributed by atoms with Gasteiger partial charge in [0.2, 0.25) is 82.7 Å². The van der Waals surface area contributed by atoms with Crippen molar-refractivity contribution in [2.45, 2.75) is 154 Å². The third kappa shape index (κ3) is 31.4. The first-order chi connectivity index (χ1) is 42.4. The van der Waals surface area contributed by atoms with Crippen LogP contribution in [0.2, 0.25) is 0 Å². The highest BCUT2D eigenvalue weighted by Gasteiger charge is 2.35. The topological polar surface area (TPSA) is 566 Å². The zero-order valence-electron chi connectivity index (χ0n) is 51.8. The molecule has 1 aromatic carbocycles. The molecule has 1 rings (SSSR count). The largest absolute Gasteiger partial charge is 0.508 e. The van der Waals surface area contributed by atoms with Crippen LogP contribution >= 0.6 is 11.8 Å². The van der Waals surface area contributed by atoms with Crippen LogP contribution in [-0.2, 0) is 73.5 Å². The van der Waals surface area contributed by atoms with Crippen molar-refractivity contribution in [3.05, 3.63) is 29.8 Å². The second-order valence-electron chi connectivity index (χ2n) is 21.4. The fourth-order valence-electron chi connectivity index (χ4n) is 8.26. The highest BCUT2D eigenvalue weighted by molar-refractivity contribution is 7.98. The van der Waals surface area contributed by atoms with E-state index in [9.17, 15) is 77.3 Å². The van der Waals surface area contributed by atoms with Gasteiger partial charge < -0.3 is 103 Å². The maximum atomic E-state index is 13.8. The average Bonchev–Trinajstić information content (AvgIpc) is 1.78. The van der Waals surface area contributed by atoms with E-state index in [-0.39, 0.29) is 62.8 Å². The van der Waals surface area contributed by atoms with Crippen molar-refractivity contribution in [1.29, 1.82) is 0 Å². The molecular weight excluding hydrogens is 1200 g/mol. The van der Waals surface area contributed by atoms with Gasteiger partial charge in [-0.3, -0.25) is 72.1 Å². The molecule has 24 N–H and O–H groups in total. The van der Waals surface area contributed by atoms with Crippen molar-refractivity contribution in [2.75, 3.05) is 51.3 Å². The number of carbonyl (C=O) groups is 14. The van der Waals surface area contributed by atoms with Crippen LogP contribution in [0.3, 0.4) is 0 Å². The van der Waals surface area contributed by atoms with Crippen LogP contribution in [0.1, 0.15) is 98.5 Å². The highest BCUT2D eigenvalue weighted by Crippen LogP contribution is 2.13. The van der Waals surface area contributed by atoms with Gasteiger partial charge in [0.1, 0.15) is 60.1 Å². The second kappa shape index (κ2) is 42.1.